The van der Waals surface area contributed by atoms with Crippen molar-refractivity contribution in [3.05, 3.63) is 210 Å². The molecule has 15 rings (SSSR count). The zero-order chi connectivity index (χ0) is 45.5. The minimum Gasteiger partial charge on any atom is -0.334 e. The third kappa shape index (κ3) is 4.95. The monoisotopic (exact) mass is 871 g/mol. The molecule has 0 fully saturated rings. The first-order valence-electron chi connectivity index (χ1n) is 24.5. The molecule has 0 bridgehead atoms. The third-order valence-electron chi connectivity index (χ3n) is 16.4. The molecule has 324 valence electrons. The predicted molar refractivity (Wildman–Crippen MR) is 290 cm³/mol. The van der Waals surface area contributed by atoms with Crippen molar-refractivity contribution >= 4 is 95.0 Å². The van der Waals surface area contributed by atoms with Crippen LogP contribution in [0.1, 0.15) is 69.7 Å². The molecule has 0 N–H and O–H groups in total. The zero-order valence-electron chi connectivity index (χ0n) is 39.4. The summed E-state index contributed by atoms with van der Waals surface area (Å²) in [5.41, 5.74) is 23.8. The standard InChI is InChI=1S/C64H50BN3/c1-63(2,3)39-23-27-41(28-24-39)66(42-29-25-40(26-30-42)64(4,5)6)43-35-54-60-55(36-43)68-53-33-22-37-15-13-20-47-45-17-9-10-18-46(45)48-31-32-50(61(68)58(48)59(53)56(37)47)65(60)51-34-38-14-7-8-16-44(38)57-49-19-11-12-21-52(49)67(54)62(51)57/h7-36,58,61H,1-6H3. The first-order valence-corrected chi connectivity index (χ1v) is 24.5. The largest absolute Gasteiger partial charge is 0.334 e. The average Bonchev–Trinajstić information content (AvgIpc) is 3.85. The Morgan fingerprint density at radius 3 is 1.87 bits per heavy atom. The SMILES string of the molecule is CC(C)(C)c1ccc(N(c2ccc(C(C)(C)C)cc2)c2cc3c4c(c2)-n2c5ccccc5c5c6ccccc6cc(c52)B4C2=CC=C4c5ccccc5-c5cccc6ccc7c(c56)C4C2N37)cc1. The maximum Gasteiger partial charge on any atom is 0.247 e. The van der Waals surface area contributed by atoms with Gasteiger partial charge in [0.05, 0.1) is 22.8 Å². The number of fused-ring (bicyclic) bond motifs is 13. The molecule has 9 aromatic carbocycles. The van der Waals surface area contributed by atoms with Crippen LogP contribution in [0.5, 0.6) is 0 Å². The fourth-order valence-corrected chi connectivity index (χ4v) is 13.4. The summed E-state index contributed by atoms with van der Waals surface area (Å²) in [5.74, 6) is 0.161. The smallest absolute Gasteiger partial charge is 0.247 e. The van der Waals surface area contributed by atoms with Crippen LogP contribution in [0.3, 0.4) is 0 Å². The first-order chi connectivity index (χ1) is 33.0. The van der Waals surface area contributed by atoms with Gasteiger partial charge < -0.3 is 14.4 Å². The molecule has 3 aliphatic heterocycles. The van der Waals surface area contributed by atoms with Crippen molar-refractivity contribution in [1.29, 1.82) is 0 Å². The highest BCUT2D eigenvalue weighted by atomic mass is 15.2. The van der Waals surface area contributed by atoms with Crippen LogP contribution in [0.2, 0.25) is 0 Å². The molecule has 4 heteroatoms. The van der Waals surface area contributed by atoms with Gasteiger partial charge in [0.1, 0.15) is 0 Å². The van der Waals surface area contributed by atoms with E-state index in [1.165, 1.54) is 116 Å². The number of hydrogen-bond acceptors (Lipinski definition) is 2. The molecule has 2 aliphatic carbocycles. The number of nitrogens with zero attached hydrogens (tertiary/aromatic N) is 3. The second kappa shape index (κ2) is 13.1. The van der Waals surface area contributed by atoms with Crippen molar-refractivity contribution in [2.45, 2.75) is 64.3 Å². The molecular formula is C64H50BN3. The van der Waals surface area contributed by atoms with Crippen molar-refractivity contribution in [2.24, 2.45) is 0 Å². The van der Waals surface area contributed by atoms with E-state index in [0.717, 1.165) is 17.1 Å². The number of para-hydroxylation sites is 1. The normalized spacial score (nSPS) is 17.1. The van der Waals surface area contributed by atoms with Crippen molar-refractivity contribution in [3.63, 3.8) is 0 Å². The van der Waals surface area contributed by atoms with Gasteiger partial charge in [-0.2, -0.15) is 0 Å². The fourth-order valence-electron chi connectivity index (χ4n) is 13.4. The minimum atomic E-state index is 0.0342. The molecule has 0 radical (unpaired) electrons. The second-order valence-electron chi connectivity index (χ2n) is 22.1. The van der Waals surface area contributed by atoms with Crippen LogP contribution >= 0.6 is 0 Å². The van der Waals surface area contributed by atoms with Crippen LogP contribution in [-0.2, 0) is 10.8 Å². The molecule has 5 aliphatic rings. The minimum absolute atomic E-state index is 0.0342. The van der Waals surface area contributed by atoms with E-state index >= 15 is 0 Å². The molecule has 0 amide bonds. The molecule has 0 saturated carbocycles. The van der Waals surface area contributed by atoms with Gasteiger partial charge >= 0.3 is 0 Å². The van der Waals surface area contributed by atoms with E-state index in [1.54, 1.807) is 0 Å². The number of hydrogen-bond donors (Lipinski definition) is 0. The highest BCUT2D eigenvalue weighted by molar-refractivity contribution is 6.95. The number of benzene rings is 9. The van der Waals surface area contributed by atoms with Gasteiger partial charge in [-0.05, 0) is 131 Å². The van der Waals surface area contributed by atoms with Gasteiger partial charge in [0.2, 0.25) is 6.71 Å². The van der Waals surface area contributed by atoms with Crippen LogP contribution in [0.25, 0.3) is 65.7 Å². The Kier molecular flexibility index (Phi) is 7.43. The second-order valence-corrected chi connectivity index (χ2v) is 22.1. The van der Waals surface area contributed by atoms with Crippen molar-refractivity contribution in [2.75, 3.05) is 9.80 Å². The summed E-state index contributed by atoms with van der Waals surface area (Å²) in [6.07, 6.45) is 5.06. The molecule has 1 aromatic heterocycles. The van der Waals surface area contributed by atoms with E-state index in [4.69, 9.17) is 0 Å². The quantitative estimate of drug-likeness (QED) is 0.164. The summed E-state index contributed by atoms with van der Waals surface area (Å²) in [6, 6.07) is 65.6. The number of allylic oxidation sites excluding steroid dienone is 2. The Bertz CT molecular complexity index is 3890. The molecule has 2 atom stereocenters. The van der Waals surface area contributed by atoms with Crippen molar-refractivity contribution < 1.29 is 0 Å². The summed E-state index contributed by atoms with van der Waals surface area (Å²) >= 11 is 0. The molecule has 0 spiro atoms. The Hall–Kier alpha value is -7.56. The number of anilines is 5. The van der Waals surface area contributed by atoms with Gasteiger partial charge in [-0.3, -0.25) is 0 Å². The van der Waals surface area contributed by atoms with Gasteiger partial charge in [0.15, 0.2) is 0 Å². The number of aromatic nitrogens is 1. The molecular weight excluding hydrogens is 822 g/mol. The molecule has 10 aromatic rings. The lowest BCUT2D eigenvalue weighted by Gasteiger charge is -2.46. The van der Waals surface area contributed by atoms with Gasteiger partial charge in [-0.1, -0.05) is 180 Å². The van der Waals surface area contributed by atoms with Gasteiger partial charge in [0.25, 0.3) is 0 Å². The lowest BCUT2D eigenvalue weighted by Crippen LogP contribution is -2.60. The molecule has 2 unspecified atom stereocenters. The Morgan fingerprint density at radius 1 is 0.500 bits per heavy atom. The molecule has 68 heavy (non-hydrogen) atoms. The lowest BCUT2D eigenvalue weighted by molar-refractivity contribution is 0.590. The van der Waals surface area contributed by atoms with Crippen LogP contribution in [0.4, 0.5) is 28.4 Å². The summed E-state index contributed by atoms with van der Waals surface area (Å²) in [4.78, 5) is 5.31. The number of rotatable bonds is 3. The lowest BCUT2D eigenvalue weighted by atomic mass is 9.31. The Balaban J connectivity index is 1.09. The molecule has 3 nitrogen and oxygen atoms in total. The van der Waals surface area contributed by atoms with E-state index in [-0.39, 0.29) is 29.5 Å². The summed E-state index contributed by atoms with van der Waals surface area (Å²) in [5, 5.41) is 7.97. The highest BCUT2D eigenvalue weighted by Gasteiger charge is 2.55. The van der Waals surface area contributed by atoms with E-state index < -0.39 is 0 Å². The van der Waals surface area contributed by atoms with Crippen molar-refractivity contribution in [3.8, 4) is 16.8 Å². The first kappa shape index (κ1) is 38.5. The summed E-state index contributed by atoms with van der Waals surface area (Å²) in [6.45, 7) is 13.9. The molecule has 4 heterocycles. The Morgan fingerprint density at radius 2 is 1.13 bits per heavy atom. The maximum absolute atomic E-state index is 2.79. The average molecular weight is 872 g/mol. The van der Waals surface area contributed by atoms with Gasteiger partial charge in [-0.15, -0.1) is 0 Å². The summed E-state index contributed by atoms with van der Waals surface area (Å²) in [7, 11) is 0. The van der Waals surface area contributed by atoms with Crippen LogP contribution in [0, 0.1) is 0 Å². The fraction of sp³-hybridized carbons (Fsp3) is 0.156. The van der Waals surface area contributed by atoms with Crippen LogP contribution < -0.4 is 20.7 Å². The van der Waals surface area contributed by atoms with E-state index in [1.807, 2.05) is 0 Å². The van der Waals surface area contributed by atoms with Gasteiger partial charge in [-0.25, -0.2) is 0 Å². The Labute approximate surface area is 398 Å². The van der Waals surface area contributed by atoms with E-state index in [0.29, 0.717) is 0 Å². The zero-order valence-corrected chi connectivity index (χ0v) is 39.4. The van der Waals surface area contributed by atoms with E-state index in [9.17, 15) is 0 Å². The highest BCUT2D eigenvalue weighted by Crippen LogP contribution is 2.62. The van der Waals surface area contributed by atoms with E-state index in [2.05, 4.69) is 238 Å². The third-order valence-corrected chi connectivity index (χ3v) is 16.4. The van der Waals surface area contributed by atoms with Gasteiger partial charge in [0, 0.05) is 45.1 Å². The maximum atomic E-state index is 2.79. The van der Waals surface area contributed by atoms with Crippen LogP contribution in [-0.4, -0.2) is 17.3 Å². The predicted octanol–water partition coefficient (Wildman–Crippen LogP) is 15.2. The van der Waals surface area contributed by atoms with Crippen molar-refractivity contribution in [1.82, 2.24) is 4.57 Å². The topological polar surface area (TPSA) is 11.4 Å². The summed E-state index contributed by atoms with van der Waals surface area (Å²) < 4.78 is 2.65. The van der Waals surface area contributed by atoms with Crippen LogP contribution in [0.15, 0.2) is 187 Å². The molecule has 0 saturated heterocycles.